The monoisotopic (exact) mass is 403 g/mol. The molecule has 8 heteroatoms. The minimum atomic E-state index is -3.33. The van der Waals surface area contributed by atoms with E-state index in [4.69, 9.17) is 4.52 Å². The minimum absolute atomic E-state index is 0.0481. The van der Waals surface area contributed by atoms with Crippen molar-refractivity contribution in [2.45, 2.75) is 43.8 Å². The SMILES string of the molecule is CCC(CC)C(=O)N1CC2(C1)C(c1nc(-c3ccccc3)no1)CCS2(=O)=O. The number of likely N-dealkylation sites (tertiary alicyclic amines) is 1. The fourth-order valence-corrected chi connectivity index (χ4v) is 6.76. The van der Waals surface area contributed by atoms with Crippen molar-refractivity contribution in [3.05, 3.63) is 36.2 Å². The molecular weight excluding hydrogens is 378 g/mol. The van der Waals surface area contributed by atoms with Gasteiger partial charge in [-0.25, -0.2) is 8.42 Å². The highest BCUT2D eigenvalue weighted by Gasteiger charge is 2.64. The number of benzene rings is 1. The molecule has 1 unspecified atom stereocenters. The van der Waals surface area contributed by atoms with Gasteiger partial charge in [-0.05, 0) is 19.3 Å². The van der Waals surface area contributed by atoms with Gasteiger partial charge in [-0.3, -0.25) is 4.79 Å². The standard InChI is InChI=1S/C20H25N3O4S/c1-3-14(4-2)19(24)23-12-20(13-23)16(10-11-28(20,25)26)18-21-17(22-27-18)15-8-6-5-7-9-15/h5-9,14,16H,3-4,10-13H2,1-2H3. The van der Waals surface area contributed by atoms with E-state index >= 15 is 0 Å². The van der Waals surface area contributed by atoms with Gasteiger partial charge in [-0.1, -0.05) is 49.3 Å². The van der Waals surface area contributed by atoms with Crippen molar-refractivity contribution >= 4 is 15.7 Å². The topological polar surface area (TPSA) is 93.4 Å². The van der Waals surface area contributed by atoms with Crippen LogP contribution in [-0.4, -0.2) is 53.0 Å². The molecule has 28 heavy (non-hydrogen) atoms. The highest BCUT2D eigenvalue weighted by Crippen LogP contribution is 2.50. The lowest BCUT2D eigenvalue weighted by Crippen LogP contribution is -2.68. The first kappa shape index (κ1) is 19.1. The number of hydrogen-bond donors (Lipinski definition) is 0. The van der Waals surface area contributed by atoms with Gasteiger partial charge >= 0.3 is 0 Å². The number of hydrogen-bond acceptors (Lipinski definition) is 6. The van der Waals surface area contributed by atoms with E-state index in [1.165, 1.54) is 0 Å². The lowest BCUT2D eigenvalue weighted by Gasteiger charge is -2.49. The Morgan fingerprint density at radius 2 is 1.93 bits per heavy atom. The summed E-state index contributed by atoms with van der Waals surface area (Å²) in [6, 6.07) is 9.45. The first-order valence-electron chi connectivity index (χ1n) is 9.82. The third kappa shape index (κ3) is 2.85. The van der Waals surface area contributed by atoms with Crippen LogP contribution in [0.5, 0.6) is 0 Å². The van der Waals surface area contributed by atoms with Crippen molar-refractivity contribution in [1.82, 2.24) is 15.0 Å². The predicted octanol–water partition coefficient (Wildman–Crippen LogP) is 2.66. The van der Waals surface area contributed by atoms with Gasteiger partial charge in [0.2, 0.25) is 17.6 Å². The zero-order valence-corrected chi connectivity index (χ0v) is 17.0. The van der Waals surface area contributed by atoms with Gasteiger partial charge in [0.1, 0.15) is 4.75 Å². The molecule has 1 aromatic carbocycles. The third-order valence-corrected chi connectivity index (χ3v) is 8.82. The van der Waals surface area contributed by atoms with Gasteiger partial charge in [-0.2, -0.15) is 4.98 Å². The summed E-state index contributed by atoms with van der Waals surface area (Å²) in [6.07, 6.45) is 1.98. The largest absolute Gasteiger partial charge is 0.339 e. The maximum absolute atomic E-state index is 12.9. The van der Waals surface area contributed by atoms with Crippen LogP contribution in [0.1, 0.15) is 44.9 Å². The number of carbonyl (C=O) groups excluding carboxylic acids is 1. The van der Waals surface area contributed by atoms with Crippen LogP contribution in [0.4, 0.5) is 0 Å². The Bertz CT molecular complexity index is 960. The molecule has 1 spiro atoms. The van der Waals surface area contributed by atoms with Gasteiger partial charge in [0, 0.05) is 24.6 Å². The number of sulfone groups is 1. The summed E-state index contributed by atoms with van der Waals surface area (Å²) >= 11 is 0. The second-order valence-electron chi connectivity index (χ2n) is 7.75. The third-order valence-electron chi connectivity index (χ3n) is 6.27. The predicted molar refractivity (Wildman–Crippen MR) is 104 cm³/mol. The van der Waals surface area contributed by atoms with Gasteiger partial charge in [0.15, 0.2) is 9.84 Å². The normalized spacial score (nSPS) is 22.5. The van der Waals surface area contributed by atoms with E-state index in [1.54, 1.807) is 4.90 Å². The van der Waals surface area contributed by atoms with Crippen molar-refractivity contribution in [3.8, 4) is 11.4 Å². The van der Waals surface area contributed by atoms with Crippen LogP contribution < -0.4 is 0 Å². The molecule has 1 atom stereocenters. The molecule has 2 saturated heterocycles. The fourth-order valence-electron chi connectivity index (χ4n) is 4.45. The van der Waals surface area contributed by atoms with Crippen molar-refractivity contribution in [2.75, 3.05) is 18.8 Å². The molecule has 2 fully saturated rings. The van der Waals surface area contributed by atoms with E-state index in [0.717, 1.165) is 18.4 Å². The molecule has 2 aliphatic heterocycles. The Labute approximate surface area is 165 Å². The highest BCUT2D eigenvalue weighted by molar-refractivity contribution is 7.93. The molecule has 1 amide bonds. The van der Waals surface area contributed by atoms with Gasteiger partial charge < -0.3 is 9.42 Å². The van der Waals surface area contributed by atoms with Crippen LogP contribution in [0.15, 0.2) is 34.9 Å². The zero-order chi connectivity index (χ0) is 19.9. The Balaban J connectivity index is 1.59. The number of amides is 1. The molecule has 0 radical (unpaired) electrons. The maximum atomic E-state index is 12.9. The summed E-state index contributed by atoms with van der Waals surface area (Å²) in [5, 5.41) is 4.05. The molecule has 4 rings (SSSR count). The summed E-state index contributed by atoms with van der Waals surface area (Å²) in [4.78, 5) is 18.8. The summed E-state index contributed by atoms with van der Waals surface area (Å²) in [5.74, 6) is 0.537. The van der Waals surface area contributed by atoms with E-state index in [9.17, 15) is 13.2 Å². The molecular formula is C20H25N3O4S. The van der Waals surface area contributed by atoms with Crippen molar-refractivity contribution in [3.63, 3.8) is 0 Å². The van der Waals surface area contributed by atoms with Gasteiger partial charge in [-0.15, -0.1) is 0 Å². The number of carbonyl (C=O) groups is 1. The quantitative estimate of drug-likeness (QED) is 0.762. The number of rotatable bonds is 5. The van der Waals surface area contributed by atoms with Crippen LogP contribution in [0, 0.1) is 5.92 Å². The van der Waals surface area contributed by atoms with Gasteiger partial charge in [0.25, 0.3) is 0 Å². The molecule has 7 nitrogen and oxygen atoms in total. The number of aromatic nitrogens is 2. The Kier molecular flexibility index (Phi) is 4.77. The minimum Gasteiger partial charge on any atom is -0.339 e. The zero-order valence-electron chi connectivity index (χ0n) is 16.2. The molecule has 3 heterocycles. The van der Waals surface area contributed by atoms with Crippen LogP contribution in [0.3, 0.4) is 0 Å². The smallest absolute Gasteiger partial charge is 0.231 e. The second-order valence-corrected chi connectivity index (χ2v) is 10.2. The van der Waals surface area contributed by atoms with Gasteiger partial charge in [0.05, 0.1) is 11.7 Å². The first-order valence-corrected chi connectivity index (χ1v) is 11.5. The summed E-state index contributed by atoms with van der Waals surface area (Å²) in [6.45, 7) is 4.41. The lowest BCUT2D eigenvalue weighted by atomic mass is 9.82. The molecule has 0 saturated carbocycles. The average molecular weight is 404 g/mol. The summed E-state index contributed by atoms with van der Waals surface area (Å²) < 4.78 is 30.2. The van der Waals surface area contributed by atoms with E-state index in [1.807, 2.05) is 44.2 Å². The molecule has 150 valence electrons. The molecule has 2 aromatic rings. The molecule has 0 bridgehead atoms. The van der Waals surface area contributed by atoms with Crippen molar-refractivity contribution < 1.29 is 17.7 Å². The summed E-state index contributed by atoms with van der Waals surface area (Å²) in [5.41, 5.74) is 0.826. The van der Waals surface area contributed by atoms with E-state index in [-0.39, 0.29) is 36.6 Å². The van der Waals surface area contributed by atoms with Crippen molar-refractivity contribution in [2.24, 2.45) is 5.92 Å². The van der Waals surface area contributed by atoms with Crippen molar-refractivity contribution in [1.29, 1.82) is 0 Å². The number of nitrogens with zero attached hydrogens (tertiary/aromatic N) is 3. The maximum Gasteiger partial charge on any atom is 0.231 e. The molecule has 0 N–H and O–H groups in total. The van der Waals surface area contributed by atoms with E-state index in [2.05, 4.69) is 10.1 Å². The molecule has 0 aliphatic carbocycles. The Hall–Kier alpha value is -2.22. The van der Waals surface area contributed by atoms with Crippen LogP contribution in [-0.2, 0) is 14.6 Å². The van der Waals surface area contributed by atoms with Crippen LogP contribution >= 0.6 is 0 Å². The van der Waals surface area contributed by atoms with E-state index < -0.39 is 14.6 Å². The Morgan fingerprint density at radius 1 is 1.25 bits per heavy atom. The highest BCUT2D eigenvalue weighted by atomic mass is 32.2. The molecule has 1 aromatic heterocycles. The second kappa shape index (κ2) is 6.99. The van der Waals surface area contributed by atoms with E-state index in [0.29, 0.717) is 18.1 Å². The first-order chi connectivity index (χ1) is 13.4. The fraction of sp³-hybridized carbons (Fsp3) is 0.550. The Morgan fingerprint density at radius 3 is 2.57 bits per heavy atom. The van der Waals surface area contributed by atoms with Crippen LogP contribution in [0.2, 0.25) is 0 Å². The van der Waals surface area contributed by atoms with Crippen LogP contribution in [0.25, 0.3) is 11.4 Å². The average Bonchev–Trinajstić information content (AvgIpc) is 3.24. The summed E-state index contributed by atoms with van der Waals surface area (Å²) in [7, 11) is -3.33. The lowest BCUT2D eigenvalue weighted by molar-refractivity contribution is -0.141. The molecule has 2 aliphatic rings.